The molecule has 0 amide bonds. The van der Waals surface area contributed by atoms with Gasteiger partial charge in [-0.05, 0) is 91.3 Å². The average Bonchev–Trinajstić information content (AvgIpc) is 3.81. The molecule has 3 aromatic carbocycles. The number of hydrogen-bond acceptors (Lipinski definition) is 12. The van der Waals surface area contributed by atoms with Crippen LogP contribution >= 0.6 is 0 Å². The first kappa shape index (κ1) is 48.8. The molecule has 65 heavy (non-hydrogen) atoms. The Labute approximate surface area is 384 Å². The van der Waals surface area contributed by atoms with E-state index in [1.54, 1.807) is 0 Å². The van der Waals surface area contributed by atoms with Crippen LogP contribution in [-0.2, 0) is 39.1 Å². The molecule has 9 rings (SSSR count). The van der Waals surface area contributed by atoms with Crippen LogP contribution in [0.1, 0.15) is 69.3 Å². The minimum Gasteiger partial charge on any atom is -0.383 e. The highest BCUT2D eigenvalue weighted by Gasteiger charge is 2.33. The summed E-state index contributed by atoms with van der Waals surface area (Å²) in [6.07, 6.45) is 15.0. The first-order chi connectivity index (χ1) is 30.2. The smallest absolute Gasteiger partial charge is 0.147 e. The monoisotopic (exact) mass is 920 g/mol. The number of hydrogen-bond donors (Lipinski definition) is 4. The Morgan fingerprint density at radius 3 is 1.51 bits per heavy atom. The summed E-state index contributed by atoms with van der Waals surface area (Å²) in [6, 6.07) is 27.2. The Hall–Kier alpha value is -5.68. The van der Waals surface area contributed by atoms with Crippen LogP contribution in [0.3, 0.4) is 0 Å². The molecule has 0 atom stereocenters. The third-order valence-corrected chi connectivity index (χ3v) is 14.3. The number of rotatable bonds is 15. The van der Waals surface area contributed by atoms with E-state index in [9.17, 15) is 16.8 Å². The molecule has 346 valence electrons. The quantitative estimate of drug-likeness (QED) is 0.0788. The number of nitrogens with two attached hydrogens (primary N) is 3. The minimum atomic E-state index is -3.02. The van der Waals surface area contributed by atoms with Crippen molar-refractivity contribution in [3.8, 4) is 22.3 Å². The Balaban J connectivity index is 0.000000214. The van der Waals surface area contributed by atoms with Gasteiger partial charge in [0.15, 0.2) is 0 Å². The Bertz CT molecular complexity index is 2940. The van der Waals surface area contributed by atoms with Gasteiger partial charge < -0.3 is 31.7 Å². The third kappa shape index (κ3) is 11.6. The van der Waals surface area contributed by atoms with E-state index < -0.39 is 19.7 Å². The van der Waals surface area contributed by atoms with Crippen LogP contribution in [0.15, 0.2) is 104 Å². The fraction of sp³-hybridized carbons (Fsp3) is 0.388. The number of nitrogen functional groups attached to an aromatic ring is 2. The van der Waals surface area contributed by atoms with Crippen molar-refractivity contribution in [2.24, 2.45) is 17.6 Å². The SMILES string of the molecule is C.C.CS(=O)(=O)CCc1cccc(-c2cn(C3CC(CN)C3)c3ncnc(N)c23)c1.CS(=O)(=O)CCc1cccc(-c2cn(C3CC(CNCc4ccccc4)C3)c3ncnc(N)c23)c1. The van der Waals surface area contributed by atoms with E-state index >= 15 is 0 Å². The number of nitrogens with one attached hydrogen (secondary N) is 1. The number of aromatic nitrogens is 6. The summed E-state index contributed by atoms with van der Waals surface area (Å²) in [4.78, 5) is 17.5. The van der Waals surface area contributed by atoms with Gasteiger partial charge in [0.05, 0.1) is 22.3 Å². The summed E-state index contributed by atoms with van der Waals surface area (Å²) >= 11 is 0. The molecule has 2 fully saturated rings. The molecular weight excluding hydrogens is 857 g/mol. The van der Waals surface area contributed by atoms with Crippen molar-refractivity contribution in [3.63, 3.8) is 0 Å². The highest BCUT2D eigenvalue weighted by molar-refractivity contribution is 7.90. The van der Waals surface area contributed by atoms with Crippen molar-refractivity contribution in [2.75, 3.05) is 48.6 Å². The van der Waals surface area contributed by atoms with Crippen molar-refractivity contribution >= 4 is 53.4 Å². The van der Waals surface area contributed by atoms with Gasteiger partial charge in [-0.15, -0.1) is 0 Å². The second kappa shape index (κ2) is 20.7. The maximum Gasteiger partial charge on any atom is 0.147 e. The van der Waals surface area contributed by atoms with Crippen LogP contribution in [0.4, 0.5) is 11.6 Å². The molecule has 0 bridgehead atoms. The van der Waals surface area contributed by atoms with Crippen LogP contribution in [0, 0.1) is 11.8 Å². The predicted molar refractivity (Wildman–Crippen MR) is 266 cm³/mol. The molecule has 0 saturated heterocycles. The van der Waals surface area contributed by atoms with Gasteiger partial charge in [0.2, 0.25) is 0 Å². The van der Waals surface area contributed by atoms with Gasteiger partial charge in [-0.3, -0.25) is 0 Å². The second-order valence-corrected chi connectivity index (χ2v) is 21.8. The van der Waals surface area contributed by atoms with Crippen LogP contribution in [-0.4, -0.2) is 83.0 Å². The summed E-state index contributed by atoms with van der Waals surface area (Å²) in [5, 5.41) is 5.29. The zero-order chi connectivity index (χ0) is 44.3. The minimum absolute atomic E-state index is 0. The van der Waals surface area contributed by atoms with Crippen LogP contribution < -0.4 is 22.5 Å². The van der Waals surface area contributed by atoms with Crippen molar-refractivity contribution in [1.82, 2.24) is 34.4 Å². The molecule has 2 aliphatic rings. The number of sulfone groups is 2. The standard InChI is InChI=1S/C27H31N5O2S.C20H25N5O2S.2CH4/c1-35(33,34)11-10-19-8-5-9-22(12-19)24-17-32(27-25(24)26(28)30-18-31-27)23-13-21(14-23)16-29-15-20-6-3-2-4-7-20;1-28(26,27)6-5-13-3-2-4-15(7-13)17-11-25(16-8-14(9-16)10-21)20-18(17)19(22)23-12-24-20;;/h2-9,12,17-18,21,23,29H,10-11,13-16H2,1H3,(H2,28,30,31);2-4,7,11-12,14,16H,5-6,8-10,21H2,1H3,(H2,22,23,24);2*1H4. The molecular formula is C49H64N10O4S2. The van der Waals surface area contributed by atoms with E-state index in [0.717, 1.165) is 94.2 Å². The first-order valence-corrected chi connectivity index (χ1v) is 25.6. The topological polar surface area (TPSA) is 220 Å². The largest absolute Gasteiger partial charge is 0.383 e. The summed E-state index contributed by atoms with van der Waals surface area (Å²) < 4.78 is 50.7. The number of fused-ring (bicyclic) bond motifs is 2. The molecule has 0 radical (unpaired) electrons. The summed E-state index contributed by atoms with van der Waals surface area (Å²) in [6.45, 7) is 2.59. The van der Waals surface area contributed by atoms with Crippen LogP contribution in [0.5, 0.6) is 0 Å². The second-order valence-electron chi connectivity index (χ2n) is 17.3. The van der Waals surface area contributed by atoms with Gasteiger partial charge in [0, 0.05) is 54.7 Å². The molecule has 14 nitrogen and oxygen atoms in total. The van der Waals surface area contributed by atoms with E-state index in [4.69, 9.17) is 17.2 Å². The predicted octanol–water partition coefficient (Wildman–Crippen LogP) is 7.46. The fourth-order valence-electron chi connectivity index (χ4n) is 8.84. The van der Waals surface area contributed by atoms with E-state index in [1.165, 1.54) is 30.7 Å². The lowest BCUT2D eigenvalue weighted by Crippen LogP contribution is -2.34. The lowest BCUT2D eigenvalue weighted by atomic mass is 9.80. The first-order valence-electron chi connectivity index (χ1n) is 21.4. The van der Waals surface area contributed by atoms with Crippen LogP contribution in [0.25, 0.3) is 44.3 Å². The van der Waals surface area contributed by atoms with Gasteiger partial charge >= 0.3 is 0 Å². The third-order valence-electron chi connectivity index (χ3n) is 12.4. The lowest BCUT2D eigenvalue weighted by Gasteiger charge is -2.36. The average molecular weight is 921 g/mol. The molecule has 4 aromatic heterocycles. The van der Waals surface area contributed by atoms with Gasteiger partial charge in [-0.1, -0.05) is 93.7 Å². The molecule has 16 heteroatoms. The number of benzene rings is 3. The summed E-state index contributed by atoms with van der Waals surface area (Å²) in [5.74, 6) is 2.37. The molecule has 2 aliphatic carbocycles. The zero-order valence-electron chi connectivity index (χ0n) is 35.8. The van der Waals surface area contributed by atoms with Gasteiger partial charge in [0.1, 0.15) is 55.3 Å². The zero-order valence-corrected chi connectivity index (χ0v) is 37.4. The maximum atomic E-state index is 11.6. The van der Waals surface area contributed by atoms with Crippen molar-refractivity contribution < 1.29 is 16.8 Å². The number of aryl methyl sites for hydroxylation is 2. The molecule has 4 heterocycles. The van der Waals surface area contributed by atoms with E-state index in [2.05, 4.69) is 71.0 Å². The van der Waals surface area contributed by atoms with E-state index in [0.29, 0.717) is 54.9 Å². The molecule has 2 saturated carbocycles. The Morgan fingerprint density at radius 2 is 1.06 bits per heavy atom. The number of anilines is 2. The summed E-state index contributed by atoms with van der Waals surface area (Å²) in [7, 11) is -6.03. The lowest BCUT2D eigenvalue weighted by molar-refractivity contribution is 0.196. The highest BCUT2D eigenvalue weighted by atomic mass is 32.2. The van der Waals surface area contributed by atoms with Gasteiger partial charge in [-0.2, -0.15) is 0 Å². The molecule has 7 N–H and O–H groups in total. The Kier molecular flexibility index (Phi) is 15.5. The van der Waals surface area contributed by atoms with Gasteiger partial charge in [0.25, 0.3) is 0 Å². The van der Waals surface area contributed by atoms with E-state index in [1.807, 2.05) is 54.6 Å². The van der Waals surface area contributed by atoms with Crippen LogP contribution in [0.2, 0.25) is 0 Å². The van der Waals surface area contributed by atoms with Crippen molar-refractivity contribution in [1.29, 1.82) is 0 Å². The molecule has 0 spiro atoms. The normalized spacial score (nSPS) is 18.1. The summed E-state index contributed by atoms with van der Waals surface area (Å²) in [5.41, 5.74) is 27.2. The molecule has 0 aliphatic heterocycles. The van der Waals surface area contributed by atoms with Crippen molar-refractivity contribution in [3.05, 3.63) is 121 Å². The number of nitrogens with zero attached hydrogens (tertiary/aromatic N) is 6. The molecule has 0 unspecified atom stereocenters. The maximum absolute atomic E-state index is 11.6. The van der Waals surface area contributed by atoms with E-state index in [-0.39, 0.29) is 26.4 Å². The highest BCUT2D eigenvalue weighted by Crippen LogP contribution is 2.44. The van der Waals surface area contributed by atoms with Gasteiger partial charge in [-0.25, -0.2) is 36.8 Å². The van der Waals surface area contributed by atoms with Crippen molar-refractivity contribution in [2.45, 2.75) is 72.0 Å². The fourth-order valence-corrected chi connectivity index (χ4v) is 10.1. The Morgan fingerprint density at radius 1 is 0.615 bits per heavy atom. The molecule has 7 aromatic rings.